The molecule has 1 aliphatic rings. The Hall–Kier alpha value is -2.13. The molecule has 2 N–H and O–H groups in total. The second kappa shape index (κ2) is 9.02. The monoisotopic (exact) mass is 509 g/mol. The number of carbonyl (C=O) groups is 1. The van der Waals surface area contributed by atoms with Gasteiger partial charge in [-0.05, 0) is 37.6 Å². The van der Waals surface area contributed by atoms with Gasteiger partial charge in [0.2, 0.25) is 10.0 Å². The molecule has 8 nitrogen and oxygen atoms in total. The van der Waals surface area contributed by atoms with Crippen LogP contribution in [0.15, 0.2) is 46.2 Å². The van der Waals surface area contributed by atoms with Crippen molar-refractivity contribution < 1.29 is 34.8 Å². The first-order chi connectivity index (χ1) is 14.8. The van der Waals surface area contributed by atoms with Gasteiger partial charge in [-0.3, -0.25) is 10.2 Å². The number of sulfonamides is 2. The van der Waals surface area contributed by atoms with Gasteiger partial charge in [-0.1, -0.05) is 17.7 Å². The second-order valence-corrected chi connectivity index (χ2v) is 11.3. The number of halogens is 3. The number of rotatable bonds is 6. The molecular formula is C18H18F3N3O5S3. The molecule has 0 bridgehead atoms. The summed E-state index contributed by atoms with van der Waals surface area (Å²) in [6.07, 6.45) is -0.133. The molecule has 0 unspecified atom stereocenters. The van der Waals surface area contributed by atoms with Crippen molar-refractivity contribution in [3.05, 3.63) is 59.4 Å². The van der Waals surface area contributed by atoms with Crippen molar-refractivity contribution in [2.45, 2.75) is 34.4 Å². The Morgan fingerprint density at radius 3 is 2.28 bits per heavy atom. The summed E-state index contributed by atoms with van der Waals surface area (Å²) in [5.41, 5.74) is 2.75. The molecule has 2 aromatic carbocycles. The minimum atomic E-state index is -4.78. The van der Waals surface area contributed by atoms with Crippen LogP contribution in [0.1, 0.15) is 12.0 Å². The van der Waals surface area contributed by atoms with Gasteiger partial charge in [-0.2, -0.15) is 16.9 Å². The van der Waals surface area contributed by atoms with Gasteiger partial charge in [0.1, 0.15) is 10.9 Å². The Labute approximate surface area is 188 Å². The van der Waals surface area contributed by atoms with E-state index in [2.05, 4.69) is 12.6 Å². The van der Waals surface area contributed by atoms with Crippen molar-refractivity contribution in [2.75, 3.05) is 6.54 Å². The topological polar surface area (TPSA) is 113 Å². The Bertz CT molecular complexity index is 1250. The highest BCUT2D eigenvalue weighted by molar-refractivity contribution is 7.89. The van der Waals surface area contributed by atoms with E-state index in [1.165, 1.54) is 12.1 Å². The van der Waals surface area contributed by atoms with E-state index >= 15 is 0 Å². The summed E-state index contributed by atoms with van der Waals surface area (Å²) >= 11 is 4.15. The van der Waals surface area contributed by atoms with Crippen molar-refractivity contribution >= 4 is 38.6 Å². The summed E-state index contributed by atoms with van der Waals surface area (Å²) in [4.78, 5) is 13.2. The first-order valence-electron chi connectivity index (χ1n) is 9.06. The number of hydrogen-bond acceptors (Lipinski definition) is 6. The number of hydrogen-bond donors (Lipinski definition) is 3. The van der Waals surface area contributed by atoms with Crippen LogP contribution < -0.4 is 10.3 Å². The van der Waals surface area contributed by atoms with Crippen molar-refractivity contribution in [1.82, 2.24) is 14.6 Å². The van der Waals surface area contributed by atoms with E-state index in [1.54, 1.807) is 19.1 Å². The maximum absolute atomic E-state index is 14.1. The van der Waals surface area contributed by atoms with Crippen LogP contribution in [-0.2, 0) is 24.8 Å². The summed E-state index contributed by atoms with van der Waals surface area (Å²) in [7, 11) is -8.94. The molecule has 32 heavy (non-hydrogen) atoms. The normalized spacial score (nSPS) is 19.8. The smallest absolute Gasteiger partial charge is 0.257 e. The van der Waals surface area contributed by atoms with Gasteiger partial charge in [0.25, 0.3) is 15.9 Å². The number of aryl methyl sites for hydroxylation is 1. The molecule has 1 saturated heterocycles. The van der Waals surface area contributed by atoms with Gasteiger partial charge >= 0.3 is 0 Å². The third-order valence-electron chi connectivity index (χ3n) is 4.76. The van der Waals surface area contributed by atoms with E-state index in [1.807, 2.05) is 10.3 Å². The number of carbonyl (C=O) groups excluding carboxylic acids is 1. The van der Waals surface area contributed by atoms with Gasteiger partial charge in [-0.25, -0.2) is 30.0 Å². The quantitative estimate of drug-likeness (QED) is 0.310. The molecule has 1 aliphatic heterocycles. The predicted octanol–water partition coefficient (Wildman–Crippen LogP) is 1.48. The number of nitrogens with zero attached hydrogens (tertiary/aromatic N) is 1. The van der Waals surface area contributed by atoms with Gasteiger partial charge in [0.05, 0.1) is 4.90 Å². The fourth-order valence-electron chi connectivity index (χ4n) is 3.10. The lowest BCUT2D eigenvalue weighted by molar-refractivity contribution is -0.124. The number of benzene rings is 2. The molecule has 2 aromatic rings. The number of nitrogens with one attached hydrogen (secondary N) is 2. The van der Waals surface area contributed by atoms with E-state index in [-0.39, 0.29) is 17.9 Å². The fraction of sp³-hybridized carbons (Fsp3) is 0.278. The molecule has 0 aliphatic carbocycles. The zero-order valence-corrected chi connectivity index (χ0v) is 18.9. The largest absolute Gasteiger partial charge is 0.276 e. The third kappa shape index (κ3) is 4.78. The van der Waals surface area contributed by atoms with Crippen molar-refractivity contribution in [1.29, 1.82) is 0 Å². The Kier molecular flexibility index (Phi) is 6.91. The summed E-state index contributed by atoms with van der Waals surface area (Å²) in [6, 6.07) is 5.23. The Morgan fingerprint density at radius 1 is 1.03 bits per heavy atom. The molecule has 1 fully saturated rings. The maximum atomic E-state index is 14.1. The summed E-state index contributed by atoms with van der Waals surface area (Å²) in [5.74, 6) is -6.52. The minimum absolute atomic E-state index is 0.133. The zero-order valence-electron chi connectivity index (χ0n) is 16.4. The summed E-state index contributed by atoms with van der Waals surface area (Å²) in [6.45, 7) is 1.41. The average molecular weight is 510 g/mol. The van der Waals surface area contributed by atoms with Crippen LogP contribution in [0.25, 0.3) is 0 Å². The van der Waals surface area contributed by atoms with Crippen LogP contribution in [-0.4, -0.2) is 44.9 Å². The van der Waals surface area contributed by atoms with E-state index in [0.717, 1.165) is 5.56 Å². The molecule has 174 valence electrons. The number of amides is 1. The maximum Gasteiger partial charge on any atom is 0.257 e. The summed E-state index contributed by atoms with van der Waals surface area (Å²) < 4.78 is 91.9. The fourth-order valence-corrected chi connectivity index (χ4v) is 6.13. The molecule has 3 rings (SSSR count). The third-order valence-corrected chi connectivity index (χ3v) is 8.29. The first-order valence-corrected chi connectivity index (χ1v) is 12.5. The Balaban J connectivity index is 1.83. The van der Waals surface area contributed by atoms with Crippen molar-refractivity contribution in [3.63, 3.8) is 0 Å². The number of thiol groups is 1. The zero-order chi connectivity index (χ0) is 23.8. The van der Waals surface area contributed by atoms with Crippen LogP contribution in [0.4, 0.5) is 13.2 Å². The molecule has 2 atom stereocenters. The molecule has 0 spiro atoms. The number of hydrazine groups is 1. The highest BCUT2D eigenvalue weighted by atomic mass is 32.2. The standard InChI is InChI=1S/C18H18F3N3O5S3/c1-10-2-4-12(5-3-10)31(26,27)23-22-18(25)14-8-11(30)9-24(14)32(28,29)15-7-6-13(19)16(20)17(15)21/h2-7,11,14,23,30H,8-9H2,1H3,(H,22,25)/t11-,14+/m1/s1. The van der Waals surface area contributed by atoms with Crippen LogP contribution in [0.5, 0.6) is 0 Å². The highest BCUT2D eigenvalue weighted by Crippen LogP contribution is 2.31. The second-order valence-electron chi connectivity index (χ2n) is 7.06. The highest BCUT2D eigenvalue weighted by Gasteiger charge is 2.44. The first kappa shape index (κ1) is 24.5. The Morgan fingerprint density at radius 2 is 1.66 bits per heavy atom. The summed E-state index contributed by atoms with van der Waals surface area (Å²) in [5, 5.41) is -0.650. The van der Waals surface area contributed by atoms with E-state index in [4.69, 9.17) is 0 Å². The molecular weight excluding hydrogens is 491 g/mol. The molecule has 1 heterocycles. The van der Waals surface area contributed by atoms with Crippen LogP contribution in [0, 0.1) is 24.4 Å². The van der Waals surface area contributed by atoms with Crippen LogP contribution in [0.3, 0.4) is 0 Å². The molecule has 0 radical (unpaired) electrons. The van der Waals surface area contributed by atoms with Crippen LogP contribution >= 0.6 is 12.6 Å². The van der Waals surface area contributed by atoms with E-state index in [9.17, 15) is 34.8 Å². The van der Waals surface area contributed by atoms with Crippen molar-refractivity contribution in [2.24, 2.45) is 0 Å². The van der Waals surface area contributed by atoms with Gasteiger partial charge in [0.15, 0.2) is 17.5 Å². The minimum Gasteiger partial charge on any atom is -0.276 e. The lowest BCUT2D eigenvalue weighted by Gasteiger charge is -2.23. The lowest BCUT2D eigenvalue weighted by atomic mass is 10.2. The molecule has 0 aromatic heterocycles. The lowest BCUT2D eigenvalue weighted by Crippen LogP contribution is -2.51. The van der Waals surface area contributed by atoms with Gasteiger partial charge in [0, 0.05) is 11.8 Å². The van der Waals surface area contributed by atoms with Gasteiger partial charge in [-0.15, -0.1) is 4.83 Å². The van der Waals surface area contributed by atoms with Gasteiger partial charge < -0.3 is 0 Å². The van der Waals surface area contributed by atoms with E-state index < -0.39 is 59.6 Å². The molecule has 1 amide bonds. The van der Waals surface area contributed by atoms with Crippen molar-refractivity contribution in [3.8, 4) is 0 Å². The van der Waals surface area contributed by atoms with E-state index in [0.29, 0.717) is 16.4 Å². The molecule has 14 heteroatoms. The molecule has 0 saturated carbocycles. The van der Waals surface area contributed by atoms with Crippen LogP contribution in [0.2, 0.25) is 0 Å². The SMILES string of the molecule is Cc1ccc(S(=O)(=O)NNC(=O)[C@@H]2C[C@@H](S)CN2S(=O)(=O)c2ccc(F)c(F)c2F)cc1. The predicted molar refractivity (Wildman–Crippen MR) is 111 cm³/mol. The average Bonchev–Trinajstić information content (AvgIpc) is 3.13.